The lowest BCUT2D eigenvalue weighted by Gasteiger charge is -2.24. The maximum Gasteiger partial charge on any atom is 0.204 e. The van der Waals surface area contributed by atoms with E-state index < -0.39 is 7.37 Å². The van der Waals surface area contributed by atoms with Gasteiger partial charge in [-0.15, -0.1) is 0 Å². The van der Waals surface area contributed by atoms with Gasteiger partial charge in [0.15, 0.2) is 0 Å². The van der Waals surface area contributed by atoms with Crippen molar-refractivity contribution in [3.05, 3.63) is 0 Å². The molecule has 1 aliphatic carbocycles. The summed E-state index contributed by atoms with van der Waals surface area (Å²) in [4.78, 5) is 0. The third-order valence-corrected chi connectivity index (χ3v) is 6.10. The maximum atomic E-state index is 12.4. The van der Waals surface area contributed by atoms with Gasteiger partial charge in [0.25, 0.3) is 0 Å². The largest absolute Gasteiger partial charge is 0.329 e. The number of nitrogens with zero attached hydrogens (tertiary/aromatic N) is 1. The van der Waals surface area contributed by atoms with Crippen LogP contribution in [-0.4, -0.2) is 18.9 Å². The van der Waals surface area contributed by atoms with E-state index in [1.165, 1.54) is 32.1 Å². The van der Waals surface area contributed by atoms with E-state index in [4.69, 9.17) is 9.79 Å². The molecule has 0 radical (unpaired) electrons. The van der Waals surface area contributed by atoms with Crippen molar-refractivity contribution < 1.29 is 9.09 Å². The third kappa shape index (κ3) is 5.70. The third-order valence-electron chi connectivity index (χ3n) is 3.53. The first-order valence-corrected chi connectivity index (χ1v) is 8.79. The van der Waals surface area contributed by atoms with E-state index in [1.807, 2.05) is 6.92 Å². The first-order chi connectivity index (χ1) is 8.20. The lowest BCUT2D eigenvalue weighted by Crippen LogP contribution is -2.10. The van der Waals surface area contributed by atoms with Crippen molar-refractivity contribution in [3.8, 4) is 6.07 Å². The standard InChI is InChI=1S/C13H24NO2P/c1-2-16-17(15,11-6-10-14)12-9-13-7-4-3-5-8-13/h13H,2-9,11-12H2,1H3. The van der Waals surface area contributed by atoms with E-state index >= 15 is 0 Å². The molecule has 0 heterocycles. The summed E-state index contributed by atoms with van der Waals surface area (Å²) in [5, 5.41) is 8.59. The van der Waals surface area contributed by atoms with E-state index in [0.717, 1.165) is 12.3 Å². The molecule has 0 aromatic carbocycles. The molecule has 3 nitrogen and oxygen atoms in total. The van der Waals surface area contributed by atoms with Gasteiger partial charge in [-0.05, 0) is 19.3 Å². The Kier molecular flexibility index (Phi) is 6.85. The summed E-state index contributed by atoms with van der Waals surface area (Å²) >= 11 is 0. The van der Waals surface area contributed by atoms with Crippen molar-refractivity contribution in [3.63, 3.8) is 0 Å². The van der Waals surface area contributed by atoms with Crippen molar-refractivity contribution in [1.82, 2.24) is 0 Å². The van der Waals surface area contributed by atoms with Crippen LogP contribution in [0, 0.1) is 17.2 Å². The zero-order valence-electron chi connectivity index (χ0n) is 10.9. The van der Waals surface area contributed by atoms with Gasteiger partial charge in [-0.2, -0.15) is 5.26 Å². The minimum Gasteiger partial charge on any atom is -0.329 e. The monoisotopic (exact) mass is 257 g/mol. The number of rotatable bonds is 7. The van der Waals surface area contributed by atoms with Crippen molar-refractivity contribution in [2.75, 3.05) is 18.9 Å². The van der Waals surface area contributed by atoms with Gasteiger partial charge < -0.3 is 4.52 Å². The van der Waals surface area contributed by atoms with Crippen LogP contribution in [0.5, 0.6) is 0 Å². The second kappa shape index (κ2) is 7.90. The molecule has 1 rings (SSSR count). The molecule has 98 valence electrons. The molecule has 1 atom stereocenters. The van der Waals surface area contributed by atoms with Crippen LogP contribution in [0.3, 0.4) is 0 Å². The van der Waals surface area contributed by atoms with Crippen LogP contribution in [0.2, 0.25) is 0 Å². The Labute approximate surface area is 105 Å². The molecule has 0 aliphatic heterocycles. The molecule has 1 aliphatic rings. The van der Waals surface area contributed by atoms with Gasteiger partial charge in [-0.25, -0.2) is 0 Å². The average molecular weight is 257 g/mol. The zero-order chi connectivity index (χ0) is 12.6. The molecule has 0 bridgehead atoms. The highest BCUT2D eigenvalue weighted by Crippen LogP contribution is 2.49. The summed E-state index contributed by atoms with van der Waals surface area (Å²) < 4.78 is 17.9. The molecule has 4 heteroatoms. The van der Waals surface area contributed by atoms with Gasteiger partial charge in [0.05, 0.1) is 12.7 Å². The second-order valence-corrected chi connectivity index (χ2v) is 7.66. The fourth-order valence-electron chi connectivity index (χ4n) is 2.55. The Morgan fingerprint density at radius 3 is 2.59 bits per heavy atom. The molecule has 17 heavy (non-hydrogen) atoms. The average Bonchev–Trinajstić information content (AvgIpc) is 2.36. The molecule has 0 aromatic heterocycles. The van der Waals surface area contributed by atoms with Gasteiger partial charge in [0.1, 0.15) is 0 Å². The smallest absolute Gasteiger partial charge is 0.204 e. The Balaban J connectivity index is 2.37. The van der Waals surface area contributed by atoms with E-state index in [0.29, 0.717) is 25.4 Å². The van der Waals surface area contributed by atoms with Gasteiger partial charge in [-0.3, -0.25) is 4.57 Å². The number of nitriles is 1. The predicted octanol–water partition coefficient (Wildman–Crippen LogP) is 4.19. The molecule has 0 spiro atoms. The Bertz CT molecular complexity index is 292. The van der Waals surface area contributed by atoms with Crippen LogP contribution in [0.15, 0.2) is 0 Å². The van der Waals surface area contributed by atoms with Crippen molar-refractivity contribution in [2.45, 2.75) is 51.9 Å². The summed E-state index contributed by atoms with van der Waals surface area (Å²) in [6.45, 7) is 2.37. The molecule has 1 unspecified atom stereocenters. The molecule has 1 saturated carbocycles. The zero-order valence-corrected chi connectivity index (χ0v) is 11.8. The van der Waals surface area contributed by atoms with Gasteiger partial charge >= 0.3 is 0 Å². The highest BCUT2D eigenvalue weighted by molar-refractivity contribution is 7.58. The quantitative estimate of drug-likeness (QED) is 0.643. The van der Waals surface area contributed by atoms with E-state index in [2.05, 4.69) is 6.07 Å². The van der Waals surface area contributed by atoms with E-state index in [9.17, 15) is 4.57 Å². The Morgan fingerprint density at radius 1 is 1.29 bits per heavy atom. The van der Waals surface area contributed by atoms with E-state index in [1.54, 1.807) is 0 Å². The normalized spacial score (nSPS) is 20.7. The number of hydrogen-bond acceptors (Lipinski definition) is 3. The second-order valence-electron chi connectivity index (χ2n) is 4.88. The Hall–Kier alpha value is -0.320. The van der Waals surface area contributed by atoms with Crippen LogP contribution in [0.4, 0.5) is 0 Å². The van der Waals surface area contributed by atoms with Crippen molar-refractivity contribution >= 4 is 7.37 Å². The van der Waals surface area contributed by atoms with Crippen LogP contribution in [0.1, 0.15) is 51.9 Å². The lowest BCUT2D eigenvalue weighted by molar-refractivity contribution is 0.317. The summed E-state index contributed by atoms with van der Waals surface area (Å²) in [6.07, 6.45) is 9.04. The Morgan fingerprint density at radius 2 is 2.00 bits per heavy atom. The molecular weight excluding hydrogens is 233 g/mol. The summed E-state index contributed by atoms with van der Waals surface area (Å²) in [6, 6.07) is 2.07. The molecule has 0 aromatic rings. The maximum absolute atomic E-state index is 12.4. The van der Waals surface area contributed by atoms with Gasteiger partial charge in [0.2, 0.25) is 7.37 Å². The summed E-state index contributed by atoms with van der Waals surface area (Å²) in [7, 11) is -2.52. The number of hydrogen-bond donors (Lipinski definition) is 0. The molecule has 0 amide bonds. The molecule has 0 N–H and O–H groups in total. The van der Waals surface area contributed by atoms with Crippen LogP contribution in [-0.2, 0) is 9.09 Å². The highest BCUT2D eigenvalue weighted by Gasteiger charge is 2.24. The van der Waals surface area contributed by atoms with Crippen LogP contribution >= 0.6 is 7.37 Å². The fourth-order valence-corrected chi connectivity index (χ4v) is 4.70. The highest BCUT2D eigenvalue weighted by atomic mass is 31.2. The first kappa shape index (κ1) is 14.7. The fraction of sp³-hybridized carbons (Fsp3) is 0.923. The summed E-state index contributed by atoms with van der Waals surface area (Å²) in [5.74, 6) is 0.736. The van der Waals surface area contributed by atoms with Gasteiger partial charge in [0, 0.05) is 18.7 Å². The molecular formula is C13H24NO2P. The van der Waals surface area contributed by atoms with E-state index in [-0.39, 0.29) is 0 Å². The predicted molar refractivity (Wildman–Crippen MR) is 70.4 cm³/mol. The minimum absolute atomic E-state index is 0.349. The van der Waals surface area contributed by atoms with Gasteiger partial charge in [-0.1, -0.05) is 32.1 Å². The lowest BCUT2D eigenvalue weighted by atomic mass is 9.88. The minimum atomic E-state index is -2.52. The summed E-state index contributed by atoms with van der Waals surface area (Å²) in [5.41, 5.74) is 0. The van der Waals surface area contributed by atoms with Crippen molar-refractivity contribution in [2.24, 2.45) is 5.92 Å². The van der Waals surface area contributed by atoms with Crippen LogP contribution in [0.25, 0.3) is 0 Å². The molecule has 0 saturated heterocycles. The van der Waals surface area contributed by atoms with Crippen molar-refractivity contribution in [1.29, 1.82) is 5.26 Å². The molecule has 1 fully saturated rings. The topological polar surface area (TPSA) is 50.1 Å². The SMILES string of the molecule is CCOP(=O)(CCC#N)CCC1CCCCC1. The first-order valence-electron chi connectivity index (χ1n) is 6.80. The van der Waals surface area contributed by atoms with Crippen LogP contribution < -0.4 is 0 Å².